The zero-order chi connectivity index (χ0) is 31.7. The smallest absolute Gasteiger partial charge is 0.264 e. The molecule has 232 valence electrons. The van der Waals surface area contributed by atoms with Gasteiger partial charge in [-0.1, -0.05) is 25.1 Å². The normalized spacial score (nSPS) is 11.8. The summed E-state index contributed by atoms with van der Waals surface area (Å²) in [7, 11) is 0.158. The monoisotopic (exact) mass is 611 g/mol. The highest BCUT2D eigenvalue weighted by molar-refractivity contribution is 7.92. The molecule has 3 rings (SSSR count). The van der Waals surface area contributed by atoms with Crippen LogP contribution < -0.4 is 23.8 Å². The number of amides is 2. The molecule has 0 radical (unpaired) electrons. The van der Waals surface area contributed by atoms with Crippen LogP contribution in [-0.4, -0.2) is 65.6 Å². The second-order valence-corrected chi connectivity index (χ2v) is 11.9. The number of aryl methyl sites for hydroxylation is 2. The predicted octanol–water partition coefficient (Wildman–Crippen LogP) is 4.47. The van der Waals surface area contributed by atoms with Crippen molar-refractivity contribution in [1.82, 2.24) is 10.2 Å². The number of carbonyl (C=O) groups excluding carboxylic acids is 2. The molecule has 0 fully saturated rings. The lowest BCUT2D eigenvalue weighted by molar-refractivity contribution is -0.140. The van der Waals surface area contributed by atoms with Crippen LogP contribution in [0.25, 0.3) is 0 Å². The number of hydrogen-bond acceptors (Lipinski definition) is 7. The molecule has 3 aromatic rings. The summed E-state index contributed by atoms with van der Waals surface area (Å²) in [6.45, 7) is 7.28. The van der Waals surface area contributed by atoms with Crippen LogP contribution in [0.2, 0.25) is 0 Å². The van der Waals surface area contributed by atoms with Crippen LogP contribution in [0.3, 0.4) is 0 Å². The Morgan fingerprint density at radius 1 is 0.837 bits per heavy atom. The molecule has 0 spiro atoms. The first-order valence-corrected chi connectivity index (χ1v) is 15.5. The van der Waals surface area contributed by atoms with Gasteiger partial charge < -0.3 is 24.4 Å². The van der Waals surface area contributed by atoms with E-state index in [4.69, 9.17) is 14.2 Å². The molecule has 0 heterocycles. The molecule has 0 saturated carbocycles. The fourth-order valence-corrected chi connectivity index (χ4v) is 6.28. The second-order valence-electron chi connectivity index (χ2n) is 10.1. The summed E-state index contributed by atoms with van der Waals surface area (Å²) < 4.78 is 45.5. The lowest BCUT2D eigenvalue weighted by Crippen LogP contribution is -2.52. The van der Waals surface area contributed by atoms with Crippen LogP contribution in [-0.2, 0) is 26.2 Å². The number of ether oxygens (including phenoxy) is 3. The first-order valence-electron chi connectivity index (χ1n) is 14.0. The number of likely N-dealkylation sites (N-methyl/N-ethyl adjacent to an activating group) is 1. The molecule has 0 aliphatic carbocycles. The maximum Gasteiger partial charge on any atom is 0.264 e. The Bertz CT molecular complexity index is 1500. The predicted molar refractivity (Wildman–Crippen MR) is 166 cm³/mol. The first kappa shape index (κ1) is 33.3. The molecule has 0 bridgehead atoms. The van der Waals surface area contributed by atoms with Crippen molar-refractivity contribution >= 4 is 27.5 Å². The molecule has 0 aromatic heterocycles. The molecule has 10 nitrogen and oxygen atoms in total. The van der Waals surface area contributed by atoms with E-state index in [9.17, 15) is 18.0 Å². The highest BCUT2D eigenvalue weighted by atomic mass is 32.2. The van der Waals surface area contributed by atoms with Crippen LogP contribution in [0.4, 0.5) is 5.69 Å². The summed E-state index contributed by atoms with van der Waals surface area (Å²) in [5.41, 5.74) is 2.76. The highest BCUT2D eigenvalue weighted by Gasteiger charge is 2.34. The average molecular weight is 612 g/mol. The van der Waals surface area contributed by atoms with Crippen LogP contribution in [0.15, 0.2) is 65.6 Å². The molecule has 0 saturated heterocycles. The number of benzene rings is 3. The van der Waals surface area contributed by atoms with Crippen LogP contribution in [0.1, 0.15) is 37.0 Å². The van der Waals surface area contributed by atoms with Crippen molar-refractivity contribution < 1.29 is 32.2 Å². The van der Waals surface area contributed by atoms with E-state index >= 15 is 0 Å². The molecule has 0 aliphatic rings. The molecule has 1 atom stereocenters. The standard InChI is InChI=1S/C32H41N3O7S/c1-8-28(32(37)33-9-2)34(20-24-10-12-26(40-5)13-11-24)31(36)21-35(25-17-22(3)16-23(4)18-25)43(38,39)27-14-15-29(41-6)30(19-27)42-7/h10-19,28H,8-9,20-21H2,1-7H3,(H,33,37)/t28-/m1/s1. The molecule has 0 unspecified atom stereocenters. The van der Waals surface area contributed by atoms with E-state index in [0.717, 1.165) is 21.0 Å². The number of rotatable bonds is 14. The van der Waals surface area contributed by atoms with Crippen LogP contribution >= 0.6 is 0 Å². The van der Waals surface area contributed by atoms with Crippen molar-refractivity contribution in [3.05, 3.63) is 77.4 Å². The van der Waals surface area contributed by atoms with Gasteiger partial charge in [-0.05, 0) is 80.3 Å². The fraction of sp³-hybridized carbons (Fsp3) is 0.375. The Morgan fingerprint density at radius 3 is 2.00 bits per heavy atom. The molecular formula is C32H41N3O7S. The summed E-state index contributed by atoms with van der Waals surface area (Å²) in [4.78, 5) is 28.7. The van der Waals surface area contributed by atoms with E-state index in [0.29, 0.717) is 30.2 Å². The zero-order valence-corrected chi connectivity index (χ0v) is 26.7. The zero-order valence-electron chi connectivity index (χ0n) is 25.8. The van der Waals surface area contributed by atoms with E-state index in [2.05, 4.69) is 5.32 Å². The van der Waals surface area contributed by atoms with Gasteiger partial charge in [-0.3, -0.25) is 13.9 Å². The van der Waals surface area contributed by atoms with Gasteiger partial charge in [0.15, 0.2) is 11.5 Å². The third kappa shape index (κ3) is 7.98. The van der Waals surface area contributed by atoms with Gasteiger partial charge in [0, 0.05) is 19.2 Å². The number of carbonyl (C=O) groups is 2. The number of sulfonamides is 1. The Balaban J connectivity index is 2.13. The van der Waals surface area contributed by atoms with E-state index in [1.54, 1.807) is 38.3 Å². The first-order chi connectivity index (χ1) is 20.5. The SMILES string of the molecule is CCNC(=O)[C@@H](CC)N(Cc1ccc(OC)cc1)C(=O)CN(c1cc(C)cc(C)c1)S(=O)(=O)c1ccc(OC)c(OC)c1. The molecular weight excluding hydrogens is 570 g/mol. The van der Waals surface area contributed by atoms with E-state index in [1.165, 1.54) is 37.3 Å². The minimum atomic E-state index is -4.29. The van der Waals surface area contributed by atoms with E-state index in [-0.39, 0.29) is 23.1 Å². The molecule has 11 heteroatoms. The van der Waals surface area contributed by atoms with Crippen molar-refractivity contribution in [2.75, 3.05) is 38.7 Å². The van der Waals surface area contributed by atoms with Crippen molar-refractivity contribution in [2.24, 2.45) is 0 Å². The molecule has 3 aromatic carbocycles. The number of methoxy groups -OCH3 is 3. The minimum absolute atomic E-state index is 0.0745. The average Bonchev–Trinajstić information content (AvgIpc) is 2.99. The number of nitrogens with zero attached hydrogens (tertiary/aromatic N) is 2. The van der Waals surface area contributed by atoms with Gasteiger partial charge in [0.1, 0.15) is 18.3 Å². The summed E-state index contributed by atoms with van der Waals surface area (Å²) >= 11 is 0. The van der Waals surface area contributed by atoms with Gasteiger partial charge >= 0.3 is 0 Å². The van der Waals surface area contributed by atoms with E-state index in [1.807, 2.05) is 39.0 Å². The fourth-order valence-electron chi connectivity index (χ4n) is 4.87. The van der Waals surface area contributed by atoms with Crippen molar-refractivity contribution in [3.8, 4) is 17.2 Å². The number of hydrogen-bond donors (Lipinski definition) is 1. The summed E-state index contributed by atoms with van der Waals surface area (Å²) in [5, 5.41) is 2.80. The number of nitrogens with one attached hydrogen (secondary N) is 1. The molecule has 2 amide bonds. The van der Waals surface area contributed by atoms with Crippen molar-refractivity contribution in [2.45, 2.75) is 51.6 Å². The largest absolute Gasteiger partial charge is 0.497 e. The maximum absolute atomic E-state index is 14.3. The van der Waals surface area contributed by atoms with Gasteiger partial charge in [0.25, 0.3) is 10.0 Å². The van der Waals surface area contributed by atoms with Crippen LogP contribution in [0.5, 0.6) is 17.2 Å². The van der Waals surface area contributed by atoms with E-state index < -0.39 is 28.5 Å². The quantitative estimate of drug-likeness (QED) is 0.286. The van der Waals surface area contributed by atoms with Crippen molar-refractivity contribution in [1.29, 1.82) is 0 Å². The molecule has 43 heavy (non-hydrogen) atoms. The van der Waals surface area contributed by atoms with Gasteiger partial charge in [0.05, 0.1) is 31.9 Å². The highest BCUT2D eigenvalue weighted by Crippen LogP contribution is 2.33. The topological polar surface area (TPSA) is 114 Å². The third-order valence-corrected chi connectivity index (χ3v) is 8.74. The Kier molecular flexibility index (Phi) is 11.4. The van der Waals surface area contributed by atoms with Crippen molar-refractivity contribution in [3.63, 3.8) is 0 Å². The Morgan fingerprint density at radius 2 is 1.47 bits per heavy atom. The molecule has 0 aliphatic heterocycles. The molecule has 1 N–H and O–H groups in total. The summed E-state index contributed by atoms with van der Waals surface area (Å²) in [5.74, 6) is 0.414. The van der Waals surface area contributed by atoms with Crippen LogP contribution in [0, 0.1) is 13.8 Å². The van der Waals surface area contributed by atoms with Gasteiger partial charge in [-0.15, -0.1) is 0 Å². The summed E-state index contributed by atoms with van der Waals surface area (Å²) in [6.07, 6.45) is 0.333. The Labute approximate surface area is 254 Å². The second kappa shape index (κ2) is 14.8. The summed E-state index contributed by atoms with van der Waals surface area (Å²) in [6, 6.07) is 16.0. The maximum atomic E-state index is 14.3. The lowest BCUT2D eigenvalue weighted by Gasteiger charge is -2.33. The van der Waals surface area contributed by atoms with Gasteiger partial charge in [-0.2, -0.15) is 0 Å². The third-order valence-electron chi connectivity index (χ3n) is 6.97. The number of anilines is 1. The minimum Gasteiger partial charge on any atom is -0.497 e. The lowest BCUT2D eigenvalue weighted by atomic mass is 10.1. The Hall–Kier alpha value is -4.25. The van der Waals surface area contributed by atoms with Gasteiger partial charge in [-0.25, -0.2) is 8.42 Å². The van der Waals surface area contributed by atoms with Gasteiger partial charge in [0.2, 0.25) is 11.8 Å².